The van der Waals surface area contributed by atoms with Crippen LogP contribution in [-0.2, 0) is 16.1 Å². The first kappa shape index (κ1) is 20.4. The maximum Gasteiger partial charge on any atom is 0.231 e. The molecule has 0 radical (unpaired) electrons. The number of nitrogens with zero attached hydrogens (tertiary/aromatic N) is 1. The van der Waals surface area contributed by atoms with Gasteiger partial charge < -0.3 is 25.4 Å². The molecule has 2 aromatic rings. The Labute approximate surface area is 163 Å². The second-order valence-corrected chi connectivity index (χ2v) is 6.02. The molecule has 1 aliphatic heterocycles. The number of carbonyl (C=O) groups is 2. The van der Waals surface area contributed by atoms with Gasteiger partial charge in [-0.15, -0.1) is 12.4 Å². The van der Waals surface area contributed by atoms with Crippen molar-refractivity contribution in [2.45, 2.75) is 19.9 Å². The molecule has 3 rings (SSSR count). The van der Waals surface area contributed by atoms with E-state index in [-0.39, 0.29) is 37.4 Å². The van der Waals surface area contributed by atoms with Crippen LogP contribution in [0.3, 0.4) is 0 Å². The van der Waals surface area contributed by atoms with E-state index in [1.54, 1.807) is 17.0 Å². The number of anilines is 2. The fraction of sp³-hybridized carbons (Fsp3) is 0.263. The molecule has 0 atom stereocenters. The van der Waals surface area contributed by atoms with E-state index in [0.717, 1.165) is 5.56 Å². The van der Waals surface area contributed by atoms with Crippen LogP contribution in [0.15, 0.2) is 42.5 Å². The van der Waals surface area contributed by atoms with E-state index in [9.17, 15) is 9.59 Å². The highest BCUT2D eigenvalue weighted by molar-refractivity contribution is 5.95. The Morgan fingerprint density at radius 2 is 1.81 bits per heavy atom. The predicted octanol–water partition coefficient (Wildman–Crippen LogP) is 2.80. The zero-order chi connectivity index (χ0) is 18.5. The quantitative estimate of drug-likeness (QED) is 0.738. The van der Waals surface area contributed by atoms with Crippen LogP contribution in [0.2, 0.25) is 0 Å². The van der Waals surface area contributed by atoms with Crippen LogP contribution in [0.4, 0.5) is 11.4 Å². The van der Waals surface area contributed by atoms with Crippen molar-refractivity contribution in [1.82, 2.24) is 4.90 Å². The van der Waals surface area contributed by atoms with Crippen LogP contribution in [0, 0.1) is 0 Å². The van der Waals surface area contributed by atoms with Gasteiger partial charge in [0.1, 0.15) is 0 Å². The van der Waals surface area contributed by atoms with Gasteiger partial charge in [-0.2, -0.15) is 0 Å². The lowest BCUT2D eigenvalue weighted by Gasteiger charge is -2.21. The lowest BCUT2D eigenvalue weighted by molar-refractivity contribution is -0.129. The van der Waals surface area contributed by atoms with E-state index in [4.69, 9.17) is 15.2 Å². The fourth-order valence-corrected chi connectivity index (χ4v) is 2.67. The lowest BCUT2D eigenvalue weighted by Crippen LogP contribution is -2.31. The summed E-state index contributed by atoms with van der Waals surface area (Å²) in [6.45, 7) is 2.42. The van der Waals surface area contributed by atoms with Crippen molar-refractivity contribution < 1.29 is 19.1 Å². The average molecular weight is 392 g/mol. The van der Waals surface area contributed by atoms with Gasteiger partial charge in [0.05, 0.1) is 11.4 Å². The third kappa shape index (κ3) is 5.27. The van der Waals surface area contributed by atoms with Gasteiger partial charge in [-0.1, -0.05) is 30.3 Å². The van der Waals surface area contributed by atoms with E-state index in [2.05, 4.69) is 5.32 Å². The fourth-order valence-electron chi connectivity index (χ4n) is 2.67. The number of ether oxygens (including phenoxy) is 2. The maximum absolute atomic E-state index is 12.3. The van der Waals surface area contributed by atoms with Gasteiger partial charge in [0.15, 0.2) is 11.5 Å². The Morgan fingerprint density at radius 3 is 2.48 bits per heavy atom. The molecular formula is C19H22ClN3O4. The van der Waals surface area contributed by atoms with Gasteiger partial charge in [0.25, 0.3) is 0 Å². The normalized spacial score (nSPS) is 11.4. The molecular weight excluding hydrogens is 370 g/mol. The first-order valence-corrected chi connectivity index (χ1v) is 8.31. The molecule has 0 aliphatic carbocycles. The van der Waals surface area contributed by atoms with Gasteiger partial charge in [-0.05, 0) is 5.56 Å². The summed E-state index contributed by atoms with van der Waals surface area (Å²) in [6.07, 6.45) is 0.167. The lowest BCUT2D eigenvalue weighted by atomic mass is 10.2. The Hall–Kier alpha value is -2.93. The van der Waals surface area contributed by atoms with Gasteiger partial charge in [-0.25, -0.2) is 0 Å². The van der Waals surface area contributed by atoms with Crippen LogP contribution >= 0.6 is 12.4 Å². The maximum atomic E-state index is 12.3. The SMILES string of the molecule is CC(=O)N(CCC(=O)Nc1cc2c(cc1N)OCO2)Cc1ccccc1.Cl. The molecule has 0 saturated heterocycles. The van der Waals surface area contributed by atoms with E-state index in [1.165, 1.54) is 6.92 Å². The zero-order valence-corrected chi connectivity index (χ0v) is 15.8. The number of benzene rings is 2. The molecule has 8 heteroatoms. The minimum atomic E-state index is -0.227. The largest absolute Gasteiger partial charge is 0.454 e. The van der Waals surface area contributed by atoms with E-state index in [0.29, 0.717) is 36.0 Å². The number of nitrogen functional groups attached to an aromatic ring is 1. The molecule has 2 amide bonds. The summed E-state index contributed by atoms with van der Waals surface area (Å²) in [5.74, 6) is 0.800. The Morgan fingerprint density at radius 1 is 1.15 bits per heavy atom. The van der Waals surface area contributed by atoms with Crippen molar-refractivity contribution in [1.29, 1.82) is 0 Å². The summed E-state index contributed by atoms with van der Waals surface area (Å²) < 4.78 is 10.5. The molecule has 2 aromatic carbocycles. The number of amides is 2. The summed E-state index contributed by atoms with van der Waals surface area (Å²) >= 11 is 0. The number of halogens is 1. The van der Waals surface area contributed by atoms with Crippen LogP contribution in [0.5, 0.6) is 11.5 Å². The number of rotatable bonds is 6. The molecule has 0 unspecified atom stereocenters. The highest BCUT2D eigenvalue weighted by atomic mass is 35.5. The standard InChI is InChI=1S/C19H21N3O4.ClH/c1-13(23)22(11-14-5-3-2-4-6-14)8-7-19(24)21-16-10-18-17(9-15(16)20)25-12-26-18;/h2-6,9-10H,7-8,11-12,20H2,1H3,(H,21,24);1H. The summed E-state index contributed by atoms with van der Waals surface area (Å²) in [5.41, 5.74) is 7.82. The van der Waals surface area contributed by atoms with Crippen LogP contribution in [-0.4, -0.2) is 30.1 Å². The Kier molecular flexibility index (Phi) is 6.90. The Balaban J connectivity index is 0.00000261. The molecule has 3 N–H and O–H groups in total. The van der Waals surface area contributed by atoms with Gasteiger partial charge in [0, 0.05) is 38.6 Å². The molecule has 0 spiro atoms. The first-order chi connectivity index (χ1) is 12.5. The average Bonchev–Trinajstić information content (AvgIpc) is 3.06. The zero-order valence-electron chi connectivity index (χ0n) is 14.9. The smallest absolute Gasteiger partial charge is 0.231 e. The minimum absolute atomic E-state index is 0. The molecule has 1 aliphatic rings. The second-order valence-electron chi connectivity index (χ2n) is 6.02. The van der Waals surface area contributed by atoms with E-state index in [1.807, 2.05) is 30.3 Å². The van der Waals surface area contributed by atoms with E-state index >= 15 is 0 Å². The topological polar surface area (TPSA) is 93.9 Å². The molecule has 0 fully saturated rings. The molecule has 144 valence electrons. The monoisotopic (exact) mass is 391 g/mol. The van der Waals surface area contributed by atoms with Crippen molar-refractivity contribution >= 4 is 35.6 Å². The second kappa shape index (κ2) is 9.14. The van der Waals surface area contributed by atoms with Crippen molar-refractivity contribution in [2.75, 3.05) is 24.4 Å². The number of fused-ring (bicyclic) bond motifs is 1. The third-order valence-corrected chi connectivity index (χ3v) is 4.09. The number of hydrogen-bond acceptors (Lipinski definition) is 5. The van der Waals surface area contributed by atoms with Crippen LogP contribution in [0.1, 0.15) is 18.9 Å². The number of carbonyl (C=O) groups excluding carboxylic acids is 2. The summed E-state index contributed by atoms with van der Waals surface area (Å²) in [6, 6.07) is 12.9. The van der Waals surface area contributed by atoms with Crippen molar-refractivity contribution in [3.05, 3.63) is 48.0 Å². The Bertz CT molecular complexity index is 814. The number of hydrogen-bond donors (Lipinski definition) is 2. The van der Waals surface area contributed by atoms with Gasteiger partial charge in [0.2, 0.25) is 18.6 Å². The molecule has 1 heterocycles. The summed E-state index contributed by atoms with van der Waals surface area (Å²) in [7, 11) is 0. The molecule has 27 heavy (non-hydrogen) atoms. The van der Waals surface area contributed by atoms with Crippen molar-refractivity contribution in [3.8, 4) is 11.5 Å². The van der Waals surface area contributed by atoms with Crippen LogP contribution < -0.4 is 20.5 Å². The van der Waals surface area contributed by atoms with Crippen molar-refractivity contribution in [3.63, 3.8) is 0 Å². The third-order valence-electron chi connectivity index (χ3n) is 4.09. The molecule has 0 bridgehead atoms. The van der Waals surface area contributed by atoms with Gasteiger partial charge in [-0.3, -0.25) is 9.59 Å². The molecule has 0 saturated carbocycles. The highest BCUT2D eigenvalue weighted by Gasteiger charge is 2.18. The predicted molar refractivity (Wildman–Crippen MR) is 105 cm³/mol. The molecule has 7 nitrogen and oxygen atoms in total. The highest BCUT2D eigenvalue weighted by Crippen LogP contribution is 2.38. The summed E-state index contributed by atoms with van der Waals surface area (Å²) in [4.78, 5) is 25.7. The number of nitrogens with one attached hydrogen (secondary N) is 1. The van der Waals surface area contributed by atoms with Crippen LogP contribution in [0.25, 0.3) is 0 Å². The molecule has 0 aromatic heterocycles. The minimum Gasteiger partial charge on any atom is -0.454 e. The van der Waals surface area contributed by atoms with E-state index < -0.39 is 0 Å². The first-order valence-electron chi connectivity index (χ1n) is 8.31. The summed E-state index contributed by atoms with van der Waals surface area (Å²) in [5, 5.41) is 2.76. The van der Waals surface area contributed by atoms with Gasteiger partial charge >= 0.3 is 0 Å². The number of nitrogens with two attached hydrogens (primary N) is 1. The van der Waals surface area contributed by atoms with Crippen molar-refractivity contribution in [2.24, 2.45) is 0 Å².